The first kappa shape index (κ1) is 12.9. The Morgan fingerprint density at radius 1 is 1.41 bits per heavy atom. The summed E-state index contributed by atoms with van der Waals surface area (Å²) in [7, 11) is 0. The Kier molecular flexibility index (Phi) is 4.43. The average molecular weight is 238 g/mol. The van der Waals surface area contributed by atoms with Gasteiger partial charge in [0.1, 0.15) is 0 Å². The van der Waals surface area contributed by atoms with E-state index in [1.54, 1.807) is 0 Å². The van der Waals surface area contributed by atoms with Crippen molar-refractivity contribution in [2.45, 2.75) is 64.5 Å². The molecule has 98 valence electrons. The van der Waals surface area contributed by atoms with E-state index in [-0.39, 0.29) is 0 Å². The van der Waals surface area contributed by atoms with Crippen LogP contribution in [0.15, 0.2) is 0 Å². The van der Waals surface area contributed by atoms with Crippen LogP contribution in [0, 0.1) is 5.92 Å². The third-order valence-corrected chi connectivity index (χ3v) is 4.12. The number of hydrogen-bond donors (Lipinski definition) is 1. The van der Waals surface area contributed by atoms with E-state index < -0.39 is 0 Å². The fraction of sp³-hybridized carbons (Fsp3) is 0.929. The van der Waals surface area contributed by atoms with Gasteiger partial charge in [-0.2, -0.15) is 0 Å². The van der Waals surface area contributed by atoms with E-state index in [4.69, 9.17) is 0 Å². The fourth-order valence-corrected chi connectivity index (χ4v) is 3.27. The highest BCUT2D eigenvalue weighted by molar-refractivity contribution is 5.78. The van der Waals surface area contributed by atoms with E-state index in [2.05, 4.69) is 19.2 Å². The number of carbonyl (C=O) groups is 1. The van der Waals surface area contributed by atoms with Gasteiger partial charge in [-0.05, 0) is 32.1 Å². The molecule has 1 saturated heterocycles. The molecule has 0 bridgehead atoms. The Bertz CT molecular complexity index is 267. The molecule has 0 radical (unpaired) electrons. The van der Waals surface area contributed by atoms with Crippen LogP contribution in [0.3, 0.4) is 0 Å². The highest BCUT2D eigenvalue weighted by Crippen LogP contribution is 2.23. The maximum absolute atomic E-state index is 11.6. The number of nitrogens with zero attached hydrogens (tertiary/aromatic N) is 1. The van der Waals surface area contributed by atoms with Crippen LogP contribution in [-0.2, 0) is 4.79 Å². The molecule has 17 heavy (non-hydrogen) atoms. The molecule has 1 aliphatic carbocycles. The molecule has 1 amide bonds. The van der Waals surface area contributed by atoms with Gasteiger partial charge in [-0.1, -0.05) is 19.8 Å². The lowest BCUT2D eigenvalue weighted by atomic mass is 9.87. The fourth-order valence-electron chi connectivity index (χ4n) is 3.27. The highest BCUT2D eigenvalue weighted by Gasteiger charge is 2.24. The molecule has 1 heterocycles. The van der Waals surface area contributed by atoms with Gasteiger partial charge in [0.2, 0.25) is 5.91 Å². The Morgan fingerprint density at radius 2 is 2.24 bits per heavy atom. The van der Waals surface area contributed by atoms with E-state index in [1.165, 1.54) is 25.7 Å². The molecule has 1 aliphatic heterocycles. The van der Waals surface area contributed by atoms with Crippen LogP contribution in [0.2, 0.25) is 0 Å². The maximum Gasteiger partial charge on any atom is 0.222 e. The summed E-state index contributed by atoms with van der Waals surface area (Å²) in [6.45, 7) is 6.42. The summed E-state index contributed by atoms with van der Waals surface area (Å²) in [5, 5.41) is 3.70. The lowest BCUT2D eigenvalue weighted by molar-refractivity contribution is -0.128. The average Bonchev–Trinajstić information content (AvgIpc) is 2.64. The molecule has 2 aliphatic rings. The van der Waals surface area contributed by atoms with Crippen molar-refractivity contribution in [1.29, 1.82) is 0 Å². The third-order valence-electron chi connectivity index (χ3n) is 4.12. The smallest absolute Gasteiger partial charge is 0.222 e. The van der Waals surface area contributed by atoms with Gasteiger partial charge in [-0.15, -0.1) is 0 Å². The quantitative estimate of drug-likeness (QED) is 0.814. The Labute approximate surface area is 105 Å². The van der Waals surface area contributed by atoms with Gasteiger partial charge < -0.3 is 10.2 Å². The van der Waals surface area contributed by atoms with Gasteiger partial charge in [0, 0.05) is 31.6 Å². The predicted molar refractivity (Wildman–Crippen MR) is 69.8 cm³/mol. The third kappa shape index (κ3) is 3.70. The molecule has 0 aromatic rings. The Balaban J connectivity index is 1.72. The van der Waals surface area contributed by atoms with E-state index in [9.17, 15) is 4.79 Å². The van der Waals surface area contributed by atoms with Crippen LogP contribution < -0.4 is 5.32 Å². The molecule has 3 heteroatoms. The number of hydrogen-bond acceptors (Lipinski definition) is 2. The molecular formula is C14H26N2O. The first-order chi connectivity index (χ1) is 8.15. The first-order valence-corrected chi connectivity index (χ1v) is 7.19. The number of carbonyl (C=O) groups excluding carboxylic acids is 1. The SMILES string of the molecule is CC1CCCC(NC(C)CN2CCCC2=O)C1. The monoisotopic (exact) mass is 238 g/mol. The van der Waals surface area contributed by atoms with Crippen LogP contribution in [-0.4, -0.2) is 36.0 Å². The molecule has 3 unspecified atom stereocenters. The zero-order chi connectivity index (χ0) is 12.3. The van der Waals surface area contributed by atoms with E-state index in [0.717, 1.165) is 31.8 Å². The molecular weight excluding hydrogens is 212 g/mol. The molecule has 0 aromatic carbocycles. The summed E-state index contributed by atoms with van der Waals surface area (Å²) in [5.41, 5.74) is 0. The summed E-state index contributed by atoms with van der Waals surface area (Å²) in [6, 6.07) is 1.11. The van der Waals surface area contributed by atoms with Crippen LogP contribution in [0.5, 0.6) is 0 Å². The van der Waals surface area contributed by atoms with Crippen molar-refractivity contribution in [3.8, 4) is 0 Å². The number of amides is 1. The van der Waals surface area contributed by atoms with Crippen molar-refractivity contribution in [1.82, 2.24) is 10.2 Å². The molecule has 0 spiro atoms. The molecule has 2 rings (SSSR count). The molecule has 1 saturated carbocycles. The van der Waals surface area contributed by atoms with E-state index >= 15 is 0 Å². The second-order valence-electron chi connectivity index (χ2n) is 5.98. The van der Waals surface area contributed by atoms with Crippen LogP contribution >= 0.6 is 0 Å². The minimum Gasteiger partial charge on any atom is -0.341 e. The number of rotatable bonds is 4. The second kappa shape index (κ2) is 5.85. The van der Waals surface area contributed by atoms with Crippen molar-refractivity contribution < 1.29 is 4.79 Å². The van der Waals surface area contributed by atoms with Crippen molar-refractivity contribution in [3.05, 3.63) is 0 Å². The van der Waals surface area contributed by atoms with Crippen molar-refractivity contribution in [3.63, 3.8) is 0 Å². The van der Waals surface area contributed by atoms with Gasteiger partial charge >= 0.3 is 0 Å². The van der Waals surface area contributed by atoms with Gasteiger partial charge in [-0.25, -0.2) is 0 Å². The van der Waals surface area contributed by atoms with E-state index in [0.29, 0.717) is 18.0 Å². The topological polar surface area (TPSA) is 32.3 Å². The lowest BCUT2D eigenvalue weighted by Gasteiger charge is -2.31. The Hall–Kier alpha value is -0.570. The zero-order valence-corrected chi connectivity index (χ0v) is 11.2. The standard InChI is InChI=1S/C14H26N2O/c1-11-5-3-6-13(9-11)15-12(2)10-16-8-4-7-14(16)17/h11-13,15H,3-10H2,1-2H3. The van der Waals surface area contributed by atoms with E-state index in [1.807, 2.05) is 4.90 Å². The van der Waals surface area contributed by atoms with Crippen LogP contribution in [0.1, 0.15) is 52.4 Å². The molecule has 3 nitrogen and oxygen atoms in total. The van der Waals surface area contributed by atoms with Crippen LogP contribution in [0.4, 0.5) is 0 Å². The minimum atomic E-state index is 0.343. The molecule has 2 fully saturated rings. The lowest BCUT2D eigenvalue weighted by Crippen LogP contribution is -2.45. The summed E-state index contributed by atoms with van der Waals surface area (Å²) in [6.07, 6.45) is 7.16. The van der Waals surface area contributed by atoms with Gasteiger partial charge in [0.15, 0.2) is 0 Å². The predicted octanol–water partition coefficient (Wildman–Crippen LogP) is 2.17. The minimum absolute atomic E-state index is 0.343. The summed E-state index contributed by atoms with van der Waals surface area (Å²) in [4.78, 5) is 13.6. The summed E-state index contributed by atoms with van der Waals surface area (Å²) < 4.78 is 0. The maximum atomic E-state index is 11.6. The molecule has 3 atom stereocenters. The van der Waals surface area contributed by atoms with Gasteiger partial charge in [0.25, 0.3) is 0 Å². The van der Waals surface area contributed by atoms with Crippen molar-refractivity contribution in [2.75, 3.05) is 13.1 Å². The first-order valence-electron chi connectivity index (χ1n) is 7.19. The van der Waals surface area contributed by atoms with Crippen molar-refractivity contribution >= 4 is 5.91 Å². The molecule has 0 aromatic heterocycles. The Morgan fingerprint density at radius 3 is 2.88 bits per heavy atom. The second-order valence-corrected chi connectivity index (χ2v) is 5.98. The highest BCUT2D eigenvalue weighted by atomic mass is 16.2. The van der Waals surface area contributed by atoms with Gasteiger partial charge in [0.05, 0.1) is 0 Å². The van der Waals surface area contributed by atoms with Crippen molar-refractivity contribution in [2.24, 2.45) is 5.92 Å². The summed E-state index contributed by atoms with van der Waals surface area (Å²) in [5.74, 6) is 1.21. The largest absolute Gasteiger partial charge is 0.341 e. The summed E-state index contributed by atoms with van der Waals surface area (Å²) >= 11 is 0. The van der Waals surface area contributed by atoms with Gasteiger partial charge in [-0.3, -0.25) is 4.79 Å². The number of nitrogens with one attached hydrogen (secondary N) is 1. The normalized spacial score (nSPS) is 31.9. The van der Waals surface area contributed by atoms with Crippen LogP contribution in [0.25, 0.3) is 0 Å². The number of likely N-dealkylation sites (tertiary alicyclic amines) is 1. The zero-order valence-electron chi connectivity index (χ0n) is 11.2. The molecule has 1 N–H and O–H groups in total.